The molecule has 134 valence electrons. The lowest BCUT2D eigenvalue weighted by Gasteiger charge is -2.13. The van der Waals surface area contributed by atoms with E-state index in [4.69, 9.17) is 4.74 Å². The van der Waals surface area contributed by atoms with Crippen LogP contribution in [-0.2, 0) is 17.4 Å². The fraction of sp³-hybridized carbons (Fsp3) is 0.316. The molecule has 0 spiro atoms. The maximum absolute atomic E-state index is 12.5. The second kappa shape index (κ2) is 7.59. The largest absolute Gasteiger partial charge is 0.491 e. The molecule has 6 heteroatoms. The molecule has 1 amide bonds. The van der Waals surface area contributed by atoms with E-state index in [1.807, 2.05) is 26.8 Å². The average molecular weight is 351 g/mol. The first-order valence-corrected chi connectivity index (χ1v) is 7.88. The zero-order chi connectivity index (χ0) is 18.6. The van der Waals surface area contributed by atoms with Gasteiger partial charge in [0.25, 0.3) is 0 Å². The summed E-state index contributed by atoms with van der Waals surface area (Å²) in [7, 11) is 0. The van der Waals surface area contributed by atoms with Gasteiger partial charge in [0.05, 0.1) is 18.1 Å². The standard InChI is InChI=1S/C19H20F3NO2/c1-12(2)25-16-8-9-17(13(3)10-16)23-18(24)11-14-4-6-15(7-5-14)19(20,21)22/h4-10,12H,11H2,1-3H3,(H,23,24). The van der Waals surface area contributed by atoms with Gasteiger partial charge >= 0.3 is 6.18 Å². The number of halogens is 3. The van der Waals surface area contributed by atoms with Crippen LogP contribution < -0.4 is 10.1 Å². The zero-order valence-electron chi connectivity index (χ0n) is 14.3. The summed E-state index contributed by atoms with van der Waals surface area (Å²) in [5.41, 5.74) is 1.28. The van der Waals surface area contributed by atoms with Crippen LogP contribution in [0.25, 0.3) is 0 Å². The third kappa shape index (κ3) is 5.52. The first kappa shape index (κ1) is 18.8. The Morgan fingerprint density at radius 2 is 1.76 bits per heavy atom. The van der Waals surface area contributed by atoms with E-state index in [0.717, 1.165) is 17.7 Å². The molecule has 0 saturated heterocycles. The molecule has 1 N–H and O–H groups in total. The SMILES string of the molecule is Cc1cc(OC(C)C)ccc1NC(=O)Cc1ccc(C(F)(F)F)cc1. The van der Waals surface area contributed by atoms with Crippen LogP contribution in [0.3, 0.4) is 0 Å². The first-order chi connectivity index (χ1) is 11.6. The van der Waals surface area contributed by atoms with E-state index in [9.17, 15) is 18.0 Å². The second-order valence-corrected chi connectivity index (χ2v) is 6.06. The number of carbonyl (C=O) groups is 1. The highest BCUT2D eigenvalue weighted by atomic mass is 19.4. The van der Waals surface area contributed by atoms with Gasteiger partial charge < -0.3 is 10.1 Å². The quantitative estimate of drug-likeness (QED) is 0.825. The first-order valence-electron chi connectivity index (χ1n) is 7.88. The third-order valence-electron chi connectivity index (χ3n) is 3.49. The predicted octanol–water partition coefficient (Wildman–Crippen LogP) is 4.98. The number of alkyl halides is 3. The van der Waals surface area contributed by atoms with Crippen molar-refractivity contribution in [2.45, 2.75) is 39.5 Å². The summed E-state index contributed by atoms with van der Waals surface area (Å²) >= 11 is 0. The number of anilines is 1. The fourth-order valence-corrected chi connectivity index (χ4v) is 2.31. The Balaban J connectivity index is 2.00. The molecule has 0 fully saturated rings. The number of amides is 1. The molecule has 0 aliphatic rings. The molecular formula is C19H20F3NO2. The molecule has 0 aliphatic carbocycles. The minimum atomic E-state index is -4.38. The summed E-state index contributed by atoms with van der Waals surface area (Å²) in [5.74, 6) is 0.425. The average Bonchev–Trinajstić information content (AvgIpc) is 2.49. The van der Waals surface area contributed by atoms with E-state index in [1.54, 1.807) is 12.1 Å². The van der Waals surface area contributed by atoms with Crippen molar-refractivity contribution in [3.63, 3.8) is 0 Å². The molecular weight excluding hydrogens is 331 g/mol. The maximum atomic E-state index is 12.5. The van der Waals surface area contributed by atoms with Gasteiger partial charge in [0, 0.05) is 5.69 Å². The minimum absolute atomic E-state index is 0.00181. The molecule has 0 aromatic heterocycles. The highest BCUT2D eigenvalue weighted by molar-refractivity contribution is 5.93. The number of hydrogen-bond acceptors (Lipinski definition) is 2. The van der Waals surface area contributed by atoms with Gasteiger partial charge in [0.15, 0.2) is 0 Å². The monoisotopic (exact) mass is 351 g/mol. The molecule has 2 rings (SSSR count). The van der Waals surface area contributed by atoms with Crippen molar-refractivity contribution in [2.75, 3.05) is 5.32 Å². The number of nitrogens with one attached hydrogen (secondary N) is 1. The van der Waals surface area contributed by atoms with Crippen molar-refractivity contribution >= 4 is 11.6 Å². The maximum Gasteiger partial charge on any atom is 0.416 e. The van der Waals surface area contributed by atoms with E-state index in [2.05, 4.69) is 5.32 Å². The Morgan fingerprint density at radius 3 is 2.28 bits per heavy atom. The molecule has 25 heavy (non-hydrogen) atoms. The highest BCUT2D eigenvalue weighted by Crippen LogP contribution is 2.29. The van der Waals surface area contributed by atoms with Crippen LogP contribution in [-0.4, -0.2) is 12.0 Å². The lowest BCUT2D eigenvalue weighted by molar-refractivity contribution is -0.137. The van der Waals surface area contributed by atoms with Gasteiger partial charge in [-0.05, 0) is 62.2 Å². The summed E-state index contributed by atoms with van der Waals surface area (Å²) in [6.45, 7) is 5.70. The Hall–Kier alpha value is -2.50. The van der Waals surface area contributed by atoms with Crippen molar-refractivity contribution in [3.05, 3.63) is 59.2 Å². The third-order valence-corrected chi connectivity index (χ3v) is 3.49. The van der Waals surface area contributed by atoms with Gasteiger partial charge in [-0.25, -0.2) is 0 Å². The van der Waals surface area contributed by atoms with E-state index >= 15 is 0 Å². The molecule has 0 saturated carbocycles. The topological polar surface area (TPSA) is 38.3 Å². The van der Waals surface area contributed by atoms with E-state index in [0.29, 0.717) is 17.0 Å². The summed E-state index contributed by atoms with van der Waals surface area (Å²) in [6.07, 6.45) is -4.32. The molecule has 0 aliphatic heterocycles. The summed E-state index contributed by atoms with van der Waals surface area (Å²) in [4.78, 5) is 12.1. The van der Waals surface area contributed by atoms with Gasteiger partial charge in [0.1, 0.15) is 5.75 Å². The van der Waals surface area contributed by atoms with Gasteiger partial charge in [-0.3, -0.25) is 4.79 Å². The molecule has 0 unspecified atom stereocenters. The highest BCUT2D eigenvalue weighted by Gasteiger charge is 2.29. The molecule has 0 heterocycles. The van der Waals surface area contributed by atoms with Crippen molar-refractivity contribution in [3.8, 4) is 5.75 Å². The predicted molar refractivity (Wildman–Crippen MR) is 90.7 cm³/mol. The normalized spacial score (nSPS) is 11.5. The minimum Gasteiger partial charge on any atom is -0.491 e. The molecule has 0 atom stereocenters. The Labute approximate surface area is 144 Å². The van der Waals surface area contributed by atoms with Crippen LogP contribution in [0, 0.1) is 6.92 Å². The van der Waals surface area contributed by atoms with Crippen LogP contribution in [0.15, 0.2) is 42.5 Å². The fourth-order valence-electron chi connectivity index (χ4n) is 2.31. The smallest absolute Gasteiger partial charge is 0.416 e. The van der Waals surface area contributed by atoms with Crippen molar-refractivity contribution < 1.29 is 22.7 Å². The summed E-state index contributed by atoms with van der Waals surface area (Å²) in [6, 6.07) is 9.92. The molecule has 3 nitrogen and oxygen atoms in total. The Bertz CT molecular complexity index is 737. The lowest BCUT2D eigenvalue weighted by Crippen LogP contribution is -2.15. The van der Waals surface area contributed by atoms with Gasteiger partial charge in [-0.15, -0.1) is 0 Å². The summed E-state index contributed by atoms with van der Waals surface area (Å²) < 4.78 is 43.2. The zero-order valence-corrected chi connectivity index (χ0v) is 14.3. The van der Waals surface area contributed by atoms with Gasteiger partial charge in [-0.2, -0.15) is 13.2 Å². The number of aryl methyl sites for hydroxylation is 1. The summed E-state index contributed by atoms with van der Waals surface area (Å²) in [5, 5.41) is 2.77. The molecule has 0 bridgehead atoms. The number of benzene rings is 2. The lowest BCUT2D eigenvalue weighted by atomic mass is 10.1. The van der Waals surface area contributed by atoms with Crippen LogP contribution >= 0.6 is 0 Å². The van der Waals surface area contributed by atoms with E-state index in [1.165, 1.54) is 12.1 Å². The number of carbonyl (C=O) groups excluding carboxylic acids is 1. The van der Waals surface area contributed by atoms with Gasteiger partial charge in [-0.1, -0.05) is 12.1 Å². The molecule has 0 radical (unpaired) electrons. The number of rotatable bonds is 5. The molecule has 2 aromatic carbocycles. The van der Waals surface area contributed by atoms with E-state index in [-0.39, 0.29) is 18.4 Å². The number of hydrogen-bond donors (Lipinski definition) is 1. The second-order valence-electron chi connectivity index (χ2n) is 6.06. The van der Waals surface area contributed by atoms with Crippen molar-refractivity contribution in [1.29, 1.82) is 0 Å². The van der Waals surface area contributed by atoms with Crippen molar-refractivity contribution in [2.24, 2.45) is 0 Å². The van der Waals surface area contributed by atoms with Gasteiger partial charge in [0.2, 0.25) is 5.91 Å². The van der Waals surface area contributed by atoms with Crippen LogP contribution in [0.5, 0.6) is 5.75 Å². The Kier molecular flexibility index (Phi) is 5.72. The van der Waals surface area contributed by atoms with Crippen molar-refractivity contribution in [1.82, 2.24) is 0 Å². The van der Waals surface area contributed by atoms with E-state index < -0.39 is 11.7 Å². The Morgan fingerprint density at radius 1 is 1.12 bits per heavy atom. The van der Waals surface area contributed by atoms with Crippen LogP contribution in [0.2, 0.25) is 0 Å². The van der Waals surface area contributed by atoms with Crippen LogP contribution in [0.1, 0.15) is 30.5 Å². The molecule has 2 aromatic rings. The van der Waals surface area contributed by atoms with Crippen LogP contribution in [0.4, 0.5) is 18.9 Å². The number of ether oxygens (including phenoxy) is 1.